The number of hydrogen-bond donors (Lipinski definition) is 1. The van der Waals surface area contributed by atoms with Gasteiger partial charge in [0.25, 0.3) is 0 Å². The van der Waals surface area contributed by atoms with Crippen molar-refractivity contribution in [2.24, 2.45) is 0 Å². The van der Waals surface area contributed by atoms with Crippen LogP contribution in [0.4, 0.5) is 0 Å². The van der Waals surface area contributed by atoms with Crippen molar-refractivity contribution < 1.29 is 13.2 Å². The molecular formula is C13H20N2O3S2. The minimum absolute atomic E-state index is 0.0370. The number of nitrogens with zero attached hydrogens (tertiary/aromatic N) is 1. The molecule has 0 bridgehead atoms. The monoisotopic (exact) mass is 316 g/mol. The zero-order valence-corrected chi connectivity index (χ0v) is 13.0. The maximum absolute atomic E-state index is 12.4. The highest BCUT2D eigenvalue weighted by Gasteiger charge is 2.34. The van der Waals surface area contributed by atoms with E-state index in [4.69, 9.17) is 6.42 Å². The van der Waals surface area contributed by atoms with Crippen LogP contribution >= 0.6 is 11.8 Å². The normalized spacial score (nSPS) is 28.8. The van der Waals surface area contributed by atoms with E-state index >= 15 is 0 Å². The number of sulfone groups is 1. The van der Waals surface area contributed by atoms with E-state index in [2.05, 4.69) is 11.2 Å². The van der Waals surface area contributed by atoms with Gasteiger partial charge in [0, 0.05) is 36.6 Å². The summed E-state index contributed by atoms with van der Waals surface area (Å²) >= 11 is 1.83. The van der Waals surface area contributed by atoms with Gasteiger partial charge in [0.15, 0.2) is 9.84 Å². The molecule has 0 aromatic rings. The summed E-state index contributed by atoms with van der Waals surface area (Å²) in [6, 6.07) is -0.0840. The molecule has 112 valence electrons. The third-order valence-electron chi connectivity index (χ3n) is 3.65. The summed E-state index contributed by atoms with van der Waals surface area (Å²) in [4.78, 5) is 14.0. The van der Waals surface area contributed by atoms with Crippen LogP contribution in [0, 0.1) is 12.3 Å². The van der Waals surface area contributed by atoms with Gasteiger partial charge in [-0.1, -0.05) is 5.92 Å². The van der Waals surface area contributed by atoms with Crippen molar-refractivity contribution in [3.63, 3.8) is 0 Å². The molecule has 5 nitrogen and oxygen atoms in total. The zero-order chi connectivity index (χ0) is 14.6. The van der Waals surface area contributed by atoms with E-state index in [1.54, 1.807) is 4.90 Å². The SMILES string of the molecule is C#CCN(C(=O)CC1CSCCN1)C1CCS(=O)(=O)C1. The number of hydrogen-bond acceptors (Lipinski definition) is 5. The minimum Gasteiger partial charge on any atom is -0.327 e. The number of rotatable bonds is 4. The van der Waals surface area contributed by atoms with E-state index in [9.17, 15) is 13.2 Å². The number of nitrogens with one attached hydrogen (secondary N) is 1. The Labute approximate surface area is 124 Å². The molecule has 2 heterocycles. The molecule has 2 fully saturated rings. The molecule has 0 spiro atoms. The number of carbonyl (C=O) groups excluding carboxylic acids is 1. The number of thioether (sulfide) groups is 1. The second kappa shape index (κ2) is 6.83. The Morgan fingerprint density at radius 1 is 1.50 bits per heavy atom. The maximum Gasteiger partial charge on any atom is 0.225 e. The topological polar surface area (TPSA) is 66.5 Å². The molecule has 1 amide bonds. The number of carbonyl (C=O) groups is 1. The number of amides is 1. The van der Waals surface area contributed by atoms with Crippen molar-refractivity contribution >= 4 is 27.5 Å². The van der Waals surface area contributed by atoms with Crippen LogP contribution in [0.1, 0.15) is 12.8 Å². The molecule has 20 heavy (non-hydrogen) atoms. The average molecular weight is 316 g/mol. The van der Waals surface area contributed by atoms with Crippen molar-refractivity contribution in [2.75, 3.05) is 36.1 Å². The fourth-order valence-electron chi connectivity index (χ4n) is 2.62. The van der Waals surface area contributed by atoms with Gasteiger partial charge in [0.2, 0.25) is 5.91 Å². The lowest BCUT2D eigenvalue weighted by Gasteiger charge is -2.29. The van der Waals surface area contributed by atoms with E-state index in [1.165, 1.54) is 0 Å². The Kier molecular flexibility index (Phi) is 5.35. The van der Waals surface area contributed by atoms with Crippen LogP contribution in [0.5, 0.6) is 0 Å². The van der Waals surface area contributed by atoms with Gasteiger partial charge in [-0.3, -0.25) is 4.79 Å². The molecule has 0 aromatic carbocycles. The van der Waals surface area contributed by atoms with Gasteiger partial charge >= 0.3 is 0 Å². The Morgan fingerprint density at radius 3 is 2.85 bits per heavy atom. The maximum atomic E-state index is 12.4. The smallest absolute Gasteiger partial charge is 0.225 e. The standard InChI is InChI=1S/C13H20N2O3S2/c1-2-5-15(12-3-7-20(17,18)10-12)13(16)8-11-9-19-6-4-14-11/h1,11-12,14H,3-10H2. The van der Waals surface area contributed by atoms with Crippen molar-refractivity contribution in [3.05, 3.63) is 0 Å². The lowest BCUT2D eigenvalue weighted by atomic mass is 10.1. The zero-order valence-electron chi connectivity index (χ0n) is 11.4. The third-order valence-corrected chi connectivity index (χ3v) is 6.53. The van der Waals surface area contributed by atoms with Crippen LogP contribution in [-0.4, -0.2) is 67.4 Å². The van der Waals surface area contributed by atoms with Gasteiger partial charge in [-0.2, -0.15) is 11.8 Å². The average Bonchev–Trinajstić information content (AvgIpc) is 2.77. The minimum atomic E-state index is -3.01. The van der Waals surface area contributed by atoms with Crippen LogP contribution < -0.4 is 5.32 Å². The Balaban J connectivity index is 1.97. The van der Waals surface area contributed by atoms with Crippen molar-refractivity contribution in [1.29, 1.82) is 0 Å². The van der Waals surface area contributed by atoms with Crippen LogP contribution in [0.25, 0.3) is 0 Å². The Morgan fingerprint density at radius 2 is 2.30 bits per heavy atom. The molecule has 2 saturated heterocycles. The summed E-state index contributed by atoms with van der Waals surface area (Å²) in [7, 11) is -3.01. The first kappa shape index (κ1) is 15.7. The molecule has 0 saturated carbocycles. The molecule has 2 unspecified atom stereocenters. The molecule has 2 aliphatic rings. The van der Waals surface area contributed by atoms with Crippen molar-refractivity contribution in [1.82, 2.24) is 10.2 Å². The molecular weight excluding hydrogens is 296 g/mol. The summed E-state index contributed by atoms with van der Waals surface area (Å²) in [6.45, 7) is 1.11. The van der Waals surface area contributed by atoms with Crippen molar-refractivity contribution in [2.45, 2.75) is 24.9 Å². The van der Waals surface area contributed by atoms with Gasteiger partial charge in [-0.05, 0) is 6.42 Å². The first-order chi connectivity index (χ1) is 9.52. The summed E-state index contributed by atoms with van der Waals surface area (Å²) in [6.07, 6.45) is 6.22. The molecule has 0 radical (unpaired) electrons. The van der Waals surface area contributed by atoms with Crippen molar-refractivity contribution in [3.8, 4) is 12.3 Å². The van der Waals surface area contributed by atoms with Gasteiger partial charge in [-0.25, -0.2) is 8.42 Å². The largest absolute Gasteiger partial charge is 0.327 e. The highest BCUT2D eigenvalue weighted by Crippen LogP contribution is 2.19. The molecule has 2 rings (SSSR count). The van der Waals surface area contributed by atoms with Gasteiger partial charge in [0.1, 0.15) is 0 Å². The lowest BCUT2D eigenvalue weighted by Crippen LogP contribution is -2.46. The van der Waals surface area contributed by atoms with Gasteiger partial charge < -0.3 is 10.2 Å². The quantitative estimate of drug-likeness (QED) is 0.723. The van der Waals surface area contributed by atoms with E-state index < -0.39 is 9.84 Å². The Bertz CT molecular complexity index is 492. The predicted octanol–water partition coefficient (Wildman–Crippen LogP) is -0.270. The van der Waals surface area contributed by atoms with E-state index in [0.717, 1.165) is 18.1 Å². The second-order valence-electron chi connectivity index (χ2n) is 5.21. The first-order valence-electron chi connectivity index (χ1n) is 6.76. The van der Waals surface area contributed by atoms with E-state index in [1.807, 2.05) is 11.8 Å². The highest BCUT2D eigenvalue weighted by atomic mass is 32.2. The van der Waals surface area contributed by atoms with Crippen LogP contribution in [-0.2, 0) is 14.6 Å². The predicted molar refractivity (Wildman–Crippen MR) is 81.3 cm³/mol. The lowest BCUT2D eigenvalue weighted by molar-refractivity contribution is -0.132. The summed E-state index contributed by atoms with van der Waals surface area (Å²) < 4.78 is 23.1. The number of terminal acetylenes is 1. The molecule has 1 N–H and O–H groups in total. The van der Waals surface area contributed by atoms with Crippen LogP contribution in [0.3, 0.4) is 0 Å². The van der Waals surface area contributed by atoms with E-state index in [0.29, 0.717) is 12.8 Å². The van der Waals surface area contributed by atoms with Gasteiger partial charge in [0.05, 0.1) is 18.1 Å². The van der Waals surface area contributed by atoms with E-state index in [-0.39, 0.29) is 36.0 Å². The van der Waals surface area contributed by atoms with Crippen LogP contribution in [0.15, 0.2) is 0 Å². The molecule has 7 heteroatoms. The summed E-state index contributed by atoms with van der Waals surface area (Å²) in [5, 5.41) is 3.32. The third kappa shape index (κ3) is 4.14. The molecule has 0 aromatic heterocycles. The molecule has 0 aliphatic carbocycles. The Hall–Kier alpha value is -0.710. The summed E-state index contributed by atoms with van der Waals surface area (Å²) in [5.41, 5.74) is 0. The second-order valence-corrected chi connectivity index (χ2v) is 8.59. The summed E-state index contributed by atoms with van der Waals surface area (Å²) in [5.74, 6) is 4.63. The molecule has 2 atom stereocenters. The van der Waals surface area contributed by atoms with Gasteiger partial charge in [-0.15, -0.1) is 6.42 Å². The van der Waals surface area contributed by atoms with Crippen LogP contribution in [0.2, 0.25) is 0 Å². The highest BCUT2D eigenvalue weighted by molar-refractivity contribution is 7.99. The fraction of sp³-hybridized carbons (Fsp3) is 0.769. The fourth-order valence-corrected chi connectivity index (χ4v) is 5.30. The first-order valence-corrected chi connectivity index (χ1v) is 9.74. The molecule has 2 aliphatic heterocycles.